The minimum absolute atomic E-state index is 0.105. The molecule has 0 radical (unpaired) electrons. The number of rotatable bonds is 7. The van der Waals surface area contributed by atoms with Crippen molar-refractivity contribution in [3.8, 4) is 0 Å². The van der Waals surface area contributed by atoms with E-state index < -0.39 is 0 Å². The standard InChI is InChI=1S/C16H26N4O2S/c1-19-10-13(9-18-19)16-12(8-17-14-3-6-23-11-14)7-15(21)20(16)4-5-22-2/h9-10,12,14,16-17H,3-8,11H2,1-2H3/t12-,14-,16+/m0/s1. The number of ether oxygens (including phenoxy) is 1. The van der Waals surface area contributed by atoms with Crippen molar-refractivity contribution in [2.24, 2.45) is 13.0 Å². The highest BCUT2D eigenvalue weighted by Crippen LogP contribution is 2.37. The summed E-state index contributed by atoms with van der Waals surface area (Å²) in [4.78, 5) is 14.5. The molecule has 6 nitrogen and oxygen atoms in total. The number of likely N-dealkylation sites (tertiary alicyclic amines) is 1. The smallest absolute Gasteiger partial charge is 0.223 e. The Morgan fingerprint density at radius 3 is 3.04 bits per heavy atom. The van der Waals surface area contributed by atoms with E-state index in [0.29, 0.717) is 31.5 Å². The predicted octanol–water partition coefficient (Wildman–Crippen LogP) is 1.05. The van der Waals surface area contributed by atoms with Crippen LogP contribution in [-0.4, -0.2) is 64.9 Å². The first-order valence-electron chi connectivity index (χ1n) is 8.27. The first kappa shape index (κ1) is 16.8. The van der Waals surface area contributed by atoms with E-state index in [2.05, 4.69) is 10.4 Å². The van der Waals surface area contributed by atoms with Crippen molar-refractivity contribution >= 4 is 17.7 Å². The Bertz CT molecular complexity index is 530. The van der Waals surface area contributed by atoms with Crippen molar-refractivity contribution in [3.05, 3.63) is 18.0 Å². The molecule has 3 heterocycles. The maximum atomic E-state index is 12.5. The molecule has 1 aromatic heterocycles. The summed E-state index contributed by atoms with van der Waals surface area (Å²) >= 11 is 2.01. The van der Waals surface area contributed by atoms with Crippen LogP contribution in [0, 0.1) is 5.92 Å². The Labute approximate surface area is 141 Å². The van der Waals surface area contributed by atoms with Crippen molar-refractivity contribution in [3.63, 3.8) is 0 Å². The Morgan fingerprint density at radius 1 is 1.52 bits per heavy atom. The topological polar surface area (TPSA) is 59.4 Å². The number of nitrogens with one attached hydrogen (secondary N) is 1. The van der Waals surface area contributed by atoms with E-state index in [1.165, 1.54) is 17.9 Å². The number of hydrogen-bond acceptors (Lipinski definition) is 5. The van der Waals surface area contributed by atoms with E-state index >= 15 is 0 Å². The van der Waals surface area contributed by atoms with E-state index in [1.54, 1.807) is 7.11 Å². The molecule has 0 unspecified atom stereocenters. The molecule has 23 heavy (non-hydrogen) atoms. The van der Waals surface area contributed by atoms with Crippen LogP contribution in [0.4, 0.5) is 0 Å². The third-order valence-electron chi connectivity index (χ3n) is 4.74. The summed E-state index contributed by atoms with van der Waals surface area (Å²) < 4.78 is 7.00. The fourth-order valence-corrected chi connectivity index (χ4v) is 4.75. The molecular formula is C16H26N4O2S. The zero-order chi connectivity index (χ0) is 16.2. The minimum Gasteiger partial charge on any atom is -0.383 e. The molecule has 2 fully saturated rings. The second-order valence-electron chi connectivity index (χ2n) is 6.41. The lowest BCUT2D eigenvalue weighted by atomic mass is 9.95. The highest BCUT2D eigenvalue weighted by atomic mass is 32.2. The van der Waals surface area contributed by atoms with Crippen molar-refractivity contribution < 1.29 is 9.53 Å². The van der Waals surface area contributed by atoms with Crippen LogP contribution in [-0.2, 0) is 16.6 Å². The van der Waals surface area contributed by atoms with E-state index in [1.807, 2.05) is 40.8 Å². The summed E-state index contributed by atoms with van der Waals surface area (Å²) in [6.45, 7) is 2.10. The summed E-state index contributed by atoms with van der Waals surface area (Å²) in [7, 11) is 3.60. The number of thioether (sulfide) groups is 1. The van der Waals surface area contributed by atoms with Crippen LogP contribution in [0.5, 0.6) is 0 Å². The fourth-order valence-electron chi connectivity index (χ4n) is 3.56. The van der Waals surface area contributed by atoms with Crippen LogP contribution in [0.3, 0.4) is 0 Å². The second-order valence-corrected chi connectivity index (χ2v) is 7.55. The summed E-state index contributed by atoms with van der Waals surface area (Å²) in [5, 5.41) is 7.97. The number of amides is 1. The third kappa shape index (κ3) is 3.89. The quantitative estimate of drug-likeness (QED) is 0.805. The van der Waals surface area contributed by atoms with Crippen molar-refractivity contribution in [1.82, 2.24) is 20.0 Å². The molecule has 0 aromatic carbocycles. The number of carbonyl (C=O) groups excluding carboxylic acids is 1. The molecule has 2 aliphatic heterocycles. The minimum atomic E-state index is 0.105. The lowest BCUT2D eigenvalue weighted by molar-refractivity contribution is -0.129. The molecule has 3 atom stereocenters. The van der Waals surface area contributed by atoms with Gasteiger partial charge in [-0.3, -0.25) is 9.48 Å². The average molecular weight is 338 g/mol. The van der Waals surface area contributed by atoms with Gasteiger partial charge in [0.25, 0.3) is 0 Å². The number of nitrogens with zero attached hydrogens (tertiary/aromatic N) is 3. The van der Waals surface area contributed by atoms with Gasteiger partial charge in [0.15, 0.2) is 0 Å². The Hall–Kier alpha value is -1.05. The fraction of sp³-hybridized carbons (Fsp3) is 0.750. The van der Waals surface area contributed by atoms with Gasteiger partial charge in [-0.25, -0.2) is 0 Å². The van der Waals surface area contributed by atoms with Crippen molar-refractivity contribution in [1.29, 1.82) is 0 Å². The molecule has 2 aliphatic rings. The van der Waals surface area contributed by atoms with Gasteiger partial charge >= 0.3 is 0 Å². The second kappa shape index (κ2) is 7.68. The van der Waals surface area contributed by atoms with Crippen LogP contribution in [0.25, 0.3) is 0 Å². The van der Waals surface area contributed by atoms with Gasteiger partial charge in [0.2, 0.25) is 5.91 Å². The van der Waals surface area contributed by atoms with Crippen LogP contribution in [0.15, 0.2) is 12.4 Å². The molecular weight excluding hydrogens is 312 g/mol. The third-order valence-corrected chi connectivity index (χ3v) is 5.90. The summed E-state index contributed by atoms with van der Waals surface area (Å²) in [6.07, 6.45) is 5.76. The highest BCUT2D eigenvalue weighted by molar-refractivity contribution is 7.99. The maximum absolute atomic E-state index is 12.5. The Balaban J connectivity index is 1.71. The Morgan fingerprint density at radius 2 is 2.39 bits per heavy atom. The predicted molar refractivity (Wildman–Crippen MR) is 91.4 cm³/mol. The van der Waals surface area contributed by atoms with Crippen LogP contribution in [0.2, 0.25) is 0 Å². The molecule has 1 amide bonds. The van der Waals surface area contributed by atoms with Gasteiger partial charge in [-0.2, -0.15) is 16.9 Å². The lowest BCUT2D eigenvalue weighted by Gasteiger charge is -2.28. The van der Waals surface area contributed by atoms with Gasteiger partial charge < -0.3 is 15.0 Å². The van der Waals surface area contributed by atoms with Gasteiger partial charge in [-0.15, -0.1) is 0 Å². The molecule has 1 N–H and O–H groups in total. The molecule has 0 spiro atoms. The normalized spacial score (nSPS) is 28.0. The summed E-state index contributed by atoms with van der Waals surface area (Å²) in [5.41, 5.74) is 1.13. The van der Waals surface area contributed by atoms with Crippen molar-refractivity contribution in [2.75, 3.05) is 38.3 Å². The summed E-state index contributed by atoms with van der Waals surface area (Å²) in [6, 6.07) is 0.700. The SMILES string of the molecule is COCCN1C(=O)C[C@@H](CN[C@H]2CCSC2)[C@@H]1c1cnn(C)c1. The Kier molecular flexibility index (Phi) is 5.61. The molecule has 0 aliphatic carbocycles. The van der Waals surface area contributed by atoms with Crippen LogP contribution >= 0.6 is 11.8 Å². The first-order valence-corrected chi connectivity index (χ1v) is 9.42. The zero-order valence-corrected chi connectivity index (χ0v) is 14.7. The van der Waals surface area contributed by atoms with Gasteiger partial charge in [0.05, 0.1) is 18.8 Å². The first-order chi connectivity index (χ1) is 11.2. The summed E-state index contributed by atoms with van der Waals surface area (Å²) in [5.74, 6) is 2.96. The highest BCUT2D eigenvalue weighted by Gasteiger charge is 2.41. The molecule has 128 valence electrons. The van der Waals surface area contributed by atoms with E-state index in [4.69, 9.17) is 4.74 Å². The molecule has 2 saturated heterocycles. The molecule has 7 heteroatoms. The van der Waals surface area contributed by atoms with Crippen LogP contribution in [0.1, 0.15) is 24.4 Å². The molecule has 0 bridgehead atoms. The maximum Gasteiger partial charge on any atom is 0.223 e. The van der Waals surface area contributed by atoms with Crippen LogP contribution < -0.4 is 5.32 Å². The number of aryl methyl sites for hydroxylation is 1. The van der Waals surface area contributed by atoms with Gasteiger partial charge in [0, 0.05) is 63.1 Å². The average Bonchev–Trinajstić information content (AvgIpc) is 3.24. The monoisotopic (exact) mass is 338 g/mol. The number of methoxy groups -OCH3 is 1. The van der Waals surface area contributed by atoms with Crippen molar-refractivity contribution in [2.45, 2.75) is 24.9 Å². The number of aromatic nitrogens is 2. The number of carbonyl (C=O) groups is 1. The number of hydrogen-bond donors (Lipinski definition) is 1. The largest absolute Gasteiger partial charge is 0.383 e. The molecule has 0 saturated carbocycles. The molecule has 1 aromatic rings. The van der Waals surface area contributed by atoms with E-state index in [-0.39, 0.29) is 11.9 Å². The lowest BCUT2D eigenvalue weighted by Crippen LogP contribution is -2.36. The van der Waals surface area contributed by atoms with Gasteiger partial charge in [-0.1, -0.05) is 0 Å². The van der Waals surface area contributed by atoms with E-state index in [9.17, 15) is 4.79 Å². The van der Waals surface area contributed by atoms with Gasteiger partial charge in [-0.05, 0) is 12.2 Å². The molecule has 3 rings (SSSR count). The van der Waals surface area contributed by atoms with E-state index in [0.717, 1.165) is 12.1 Å². The zero-order valence-electron chi connectivity index (χ0n) is 13.9. The van der Waals surface area contributed by atoms with Gasteiger partial charge in [0.1, 0.15) is 0 Å².